The van der Waals surface area contributed by atoms with Crippen LogP contribution in [0.15, 0.2) is 6.20 Å². The molecule has 1 saturated heterocycles. The van der Waals surface area contributed by atoms with Crippen LogP contribution in [0.25, 0.3) is 0 Å². The molecular weight excluding hydrogens is 174 g/mol. The number of hydrogen-bond acceptors (Lipinski definition) is 2. The fourth-order valence-electron chi connectivity index (χ4n) is 2.24. The summed E-state index contributed by atoms with van der Waals surface area (Å²) >= 11 is 0. The Hall–Kier alpha value is -0.830. The average Bonchev–Trinajstić information content (AvgIpc) is 2.51. The Balaban J connectivity index is 2.02. The fraction of sp³-hybridized carbons (Fsp3) is 0.727. The van der Waals surface area contributed by atoms with Crippen molar-refractivity contribution < 1.29 is 0 Å². The van der Waals surface area contributed by atoms with Crippen molar-refractivity contribution in [3.8, 4) is 0 Å². The first-order valence-corrected chi connectivity index (χ1v) is 5.45. The van der Waals surface area contributed by atoms with Crippen LogP contribution in [0.4, 0.5) is 0 Å². The second kappa shape index (κ2) is 4.13. The quantitative estimate of drug-likeness (QED) is 0.766. The van der Waals surface area contributed by atoms with Gasteiger partial charge in [-0.15, -0.1) is 0 Å². The molecule has 14 heavy (non-hydrogen) atoms. The molecule has 3 heteroatoms. The van der Waals surface area contributed by atoms with Crippen molar-refractivity contribution in [1.29, 1.82) is 0 Å². The number of rotatable bonds is 2. The van der Waals surface area contributed by atoms with E-state index >= 15 is 0 Å². The second-order valence-electron chi connectivity index (χ2n) is 4.31. The van der Waals surface area contributed by atoms with E-state index in [4.69, 9.17) is 0 Å². The third-order valence-electron chi connectivity index (χ3n) is 3.15. The van der Waals surface area contributed by atoms with Crippen LogP contribution in [0.2, 0.25) is 0 Å². The molecule has 3 nitrogen and oxygen atoms in total. The normalized spacial score (nSPS) is 22.6. The minimum Gasteiger partial charge on any atom is -0.316 e. The minimum atomic E-state index is 0.804. The molecule has 1 aromatic rings. The van der Waals surface area contributed by atoms with Crippen LogP contribution in [-0.2, 0) is 13.5 Å². The molecule has 2 heterocycles. The van der Waals surface area contributed by atoms with Gasteiger partial charge in [0.15, 0.2) is 0 Å². The van der Waals surface area contributed by atoms with Crippen molar-refractivity contribution in [2.75, 3.05) is 13.1 Å². The van der Waals surface area contributed by atoms with Gasteiger partial charge in [-0.3, -0.25) is 4.68 Å². The molecule has 0 aliphatic carbocycles. The molecule has 0 radical (unpaired) electrons. The van der Waals surface area contributed by atoms with Crippen LogP contribution in [0.3, 0.4) is 0 Å². The summed E-state index contributed by atoms with van der Waals surface area (Å²) in [5.41, 5.74) is 2.73. The van der Waals surface area contributed by atoms with E-state index in [0.29, 0.717) is 0 Å². The molecule has 1 aliphatic heterocycles. The molecule has 1 fully saturated rings. The predicted octanol–water partition coefficient (Wildman–Crippen LogP) is 1.27. The molecule has 0 saturated carbocycles. The maximum absolute atomic E-state index is 4.28. The highest BCUT2D eigenvalue weighted by atomic mass is 15.3. The van der Waals surface area contributed by atoms with E-state index in [1.54, 1.807) is 0 Å². The van der Waals surface area contributed by atoms with Gasteiger partial charge in [-0.05, 0) is 50.8 Å². The number of nitrogens with one attached hydrogen (secondary N) is 1. The Morgan fingerprint density at radius 3 is 3.07 bits per heavy atom. The van der Waals surface area contributed by atoms with Gasteiger partial charge in [0, 0.05) is 12.7 Å². The summed E-state index contributed by atoms with van der Waals surface area (Å²) in [6.07, 6.45) is 5.82. The number of aromatic nitrogens is 2. The number of aryl methyl sites for hydroxylation is 2. The standard InChI is InChI=1S/C11H19N3/c1-9-7-13-14(2)11(9)6-10-4-3-5-12-8-10/h7,10,12H,3-6,8H2,1-2H3. The van der Waals surface area contributed by atoms with Crippen LogP contribution in [0, 0.1) is 12.8 Å². The van der Waals surface area contributed by atoms with Gasteiger partial charge >= 0.3 is 0 Å². The Morgan fingerprint density at radius 2 is 2.50 bits per heavy atom. The third kappa shape index (κ3) is 1.98. The lowest BCUT2D eigenvalue weighted by Crippen LogP contribution is -2.31. The SMILES string of the molecule is Cc1cnn(C)c1CC1CCCNC1. The molecule has 0 bridgehead atoms. The van der Waals surface area contributed by atoms with E-state index in [1.165, 1.54) is 43.6 Å². The lowest BCUT2D eigenvalue weighted by molar-refractivity contribution is 0.369. The highest BCUT2D eigenvalue weighted by Gasteiger charge is 2.16. The van der Waals surface area contributed by atoms with Crippen LogP contribution in [-0.4, -0.2) is 22.9 Å². The van der Waals surface area contributed by atoms with Gasteiger partial charge in [0.25, 0.3) is 0 Å². The summed E-state index contributed by atoms with van der Waals surface area (Å²) in [5.74, 6) is 0.804. The molecular formula is C11H19N3. The van der Waals surface area contributed by atoms with Gasteiger partial charge in [0.2, 0.25) is 0 Å². The summed E-state index contributed by atoms with van der Waals surface area (Å²) in [4.78, 5) is 0. The summed E-state index contributed by atoms with van der Waals surface area (Å²) in [5, 5.41) is 7.73. The van der Waals surface area contributed by atoms with E-state index in [1.807, 2.05) is 17.9 Å². The van der Waals surface area contributed by atoms with E-state index in [0.717, 1.165) is 5.92 Å². The lowest BCUT2D eigenvalue weighted by Gasteiger charge is -2.22. The Morgan fingerprint density at radius 1 is 1.64 bits per heavy atom. The van der Waals surface area contributed by atoms with E-state index in [-0.39, 0.29) is 0 Å². The Kier molecular flexibility index (Phi) is 2.87. The van der Waals surface area contributed by atoms with E-state index in [9.17, 15) is 0 Å². The highest BCUT2D eigenvalue weighted by molar-refractivity contribution is 5.16. The van der Waals surface area contributed by atoms with Crippen molar-refractivity contribution in [3.05, 3.63) is 17.5 Å². The molecule has 0 amide bonds. The highest BCUT2D eigenvalue weighted by Crippen LogP contribution is 2.17. The molecule has 0 spiro atoms. The average molecular weight is 193 g/mol. The van der Waals surface area contributed by atoms with Crippen molar-refractivity contribution in [2.24, 2.45) is 13.0 Å². The van der Waals surface area contributed by atoms with E-state index < -0.39 is 0 Å². The molecule has 1 unspecified atom stereocenters. The molecule has 1 atom stereocenters. The largest absolute Gasteiger partial charge is 0.316 e. The second-order valence-corrected chi connectivity index (χ2v) is 4.31. The first-order chi connectivity index (χ1) is 6.77. The lowest BCUT2D eigenvalue weighted by atomic mass is 9.93. The molecule has 0 aromatic carbocycles. The van der Waals surface area contributed by atoms with E-state index in [2.05, 4.69) is 17.3 Å². The maximum atomic E-state index is 4.28. The van der Waals surface area contributed by atoms with Crippen LogP contribution < -0.4 is 5.32 Å². The fourth-order valence-corrected chi connectivity index (χ4v) is 2.24. The zero-order valence-corrected chi connectivity index (χ0v) is 9.08. The molecule has 78 valence electrons. The third-order valence-corrected chi connectivity index (χ3v) is 3.15. The Labute approximate surface area is 85.5 Å². The zero-order valence-electron chi connectivity index (χ0n) is 9.08. The Bertz CT molecular complexity index is 278. The van der Waals surface area contributed by atoms with Crippen LogP contribution in [0.5, 0.6) is 0 Å². The topological polar surface area (TPSA) is 29.9 Å². The van der Waals surface area contributed by atoms with Crippen LogP contribution >= 0.6 is 0 Å². The molecule has 1 aliphatic rings. The monoisotopic (exact) mass is 193 g/mol. The van der Waals surface area contributed by atoms with Gasteiger partial charge < -0.3 is 5.32 Å². The van der Waals surface area contributed by atoms with Crippen molar-refractivity contribution in [3.63, 3.8) is 0 Å². The summed E-state index contributed by atoms with van der Waals surface area (Å²) in [6, 6.07) is 0. The van der Waals surface area contributed by atoms with Gasteiger partial charge in [-0.1, -0.05) is 0 Å². The minimum absolute atomic E-state index is 0.804. The van der Waals surface area contributed by atoms with Crippen molar-refractivity contribution in [2.45, 2.75) is 26.2 Å². The first-order valence-electron chi connectivity index (χ1n) is 5.45. The zero-order chi connectivity index (χ0) is 9.97. The number of hydrogen-bond donors (Lipinski definition) is 1. The predicted molar refractivity (Wildman–Crippen MR) is 57.2 cm³/mol. The molecule has 2 rings (SSSR count). The van der Waals surface area contributed by atoms with Crippen LogP contribution in [0.1, 0.15) is 24.1 Å². The van der Waals surface area contributed by atoms with Gasteiger partial charge in [-0.2, -0.15) is 5.10 Å². The summed E-state index contributed by atoms with van der Waals surface area (Å²) in [7, 11) is 2.04. The maximum Gasteiger partial charge on any atom is 0.0521 e. The summed E-state index contributed by atoms with van der Waals surface area (Å²) < 4.78 is 2.02. The van der Waals surface area contributed by atoms with Gasteiger partial charge in [-0.25, -0.2) is 0 Å². The van der Waals surface area contributed by atoms with Gasteiger partial charge in [0.1, 0.15) is 0 Å². The summed E-state index contributed by atoms with van der Waals surface area (Å²) in [6.45, 7) is 4.52. The first kappa shape index (κ1) is 9.71. The molecule has 1 N–H and O–H groups in total. The van der Waals surface area contributed by atoms with Crippen molar-refractivity contribution in [1.82, 2.24) is 15.1 Å². The van der Waals surface area contributed by atoms with Gasteiger partial charge in [0.05, 0.1) is 6.20 Å². The number of piperidine rings is 1. The smallest absolute Gasteiger partial charge is 0.0521 e. The number of nitrogens with zero attached hydrogens (tertiary/aromatic N) is 2. The molecule has 1 aromatic heterocycles. The van der Waals surface area contributed by atoms with Crippen molar-refractivity contribution >= 4 is 0 Å².